The van der Waals surface area contributed by atoms with E-state index in [-0.39, 0.29) is 31.7 Å². The number of carbonyl (C=O) groups is 2. The summed E-state index contributed by atoms with van der Waals surface area (Å²) in [6.07, 6.45) is 1.51. The molecule has 11 heteroatoms. The van der Waals surface area contributed by atoms with Gasteiger partial charge in [0.1, 0.15) is 15.3 Å². The van der Waals surface area contributed by atoms with E-state index in [1.807, 2.05) is 0 Å². The average Bonchev–Trinajstić information content (AvgIpc) is 3.03. The summed E-state index contributed by atoms with van der Waals surface area (Å²) in [7, 11) is 1.50. The fourth-order valence-corrected chi connectivity index (χ4v) is 3.97. The normalized spacial score (nSPS) is 10.7. The van der Waals surface area contributed by atoms with Crippen molar-refractivity contribution < 1.29 is 9.59 Å². The topological polar surface area (TPSA) is 129 Å². The molecule has 3 rings (SSSR count). The maximum Gasteiger partial charge on any atom is 0.268 e. The van der Waals surface area contributed by atoms with Crippen molar-refractivity contribution >= 4 is 56.6 Å². The number of halogens is 2. The number of carbonyl (C=O) groups excluding carboxylic acids is 2. The van der Waals surface area contributed by atoms with Crippen molar-refractivity contribution in [2.75, 3.05) is 7.05 Å². The van der Waals surface area contributed by atoms with Crippen LogP contribution in [0.2, 0.25) is 5.02 Å². The van der Waals surface area contributed by atoms with E-state index < -0.39 is 11.8 Å². The zero-order valence-electron chi connectivity index (χ0n) is 15.9. The number of benzene rings is 1. The van der Waals surface area contributed by atoms with Crippen molar-refractivity contribution in [2.24, 2.45) is 11.5 Å². The van der Waals surface area contributed by atoms with Crippen molar-refractivity contribution in [3.05, 3.63) is 62.5 Å². The standard InChI is InChI=1S/C19H16BrClN6O2S/c1-8-6-9(17(23)30)7-10(19(29)24-2)12(8)13-14(16(22)28)27(26-15(13)20)18-11(21)4-3-5-25-18/h3-7H,1-2H3,(H2,22,28)(H2,23,30)(H,24,29). The lowest BCUT2D eigenvalue weighted by atomic mass is 9.92. The highest BCUT2D eigenvalue weighted by Crippen LogP contribution is 2.38. The third-order valence-electron chi connectivity index (χ3n) is 4.36. The first kappa shape index (κ1) is 21.9. The van der Waals surface area contributed by atoms with Gasteiger partial charge in [-0.1, -0.05) is 23.8 Å². The Labute approximate surface area is 190 Å². The van der Waals surface area contributed by atoms with Crippen molar-refractivity contribution in [1.82, 2.24) is 20.1 Å². The first-order valence-electron chi connectivity index (χ1n) is 8.53. The molecule has 0 aliphatic rings. The van der Waals surface area contributed by atoms with E-state index in [1.165, 1.54) is 17.9 Å². The van der Waals surface area contributed by atoms with Gasteiger partial charge in [-0.2, -0.15) is 5.10 Å². The molecule has 3 aromatic rings. The number of rotatable bonds is 5. The number of aryl methyl sites for hydroxylation is 1. The zero-order chi connectivity index (χ0) is 22.2. The molecule has 2 aromatic heterocycles. The number of nitrogens with zero attached hydrogens (tertiary/aromatic N) is 3. The second kappa shape index (κ2) is 8.50. The molecule has 0 saturated carbocycles. The summed E-state index contributed by atoms with van der Waals surface area (Å²) in [5.41, 5.74) is 13.7. The fraction of sp³-hybridized carbons (Fsp3) is 0.105. The van der Waals surface area contributed by atoms with Crippen LogP contribution >= 0.6 is 39.7 Å². The molecule has 0 fully saturated rings. The molecular formula is C19H16BrClN6O2S. The van der Waals surface area contributed by atoms with Crippen LogP contribution in [0.1, 0.15) is 32.0 Å². The Morgan fingerprint density at radius 3 is 2.53 bits per heavy atom. The number of pyridine rings is 1. The van der Waals surface area contributed by atoms with Gasteiger partial charge in [0.2, 0.25) is 0 Å². The largest absolute Gasteiger partial charge is 0.389 e. The van der Waals surface area contributed by atoms with Crippen LogP contribution in [0.4, 0.5) is 0 Å². The maximum absolute atomic E-state index is 12.7. The molecule has 2 amide bonds. The second-order valence-corrected chi connectivity index (χ2v) is 7.86. The molecule has 0 saturated heterocycles. The van der Waals surface area contributed by atoms with Crippen molar-refractivity contribution in [3.8, 4) is 16.9 Å². The number of aromatic nitrogens is 3. The van der Waals surface area contributed by atoms with Crippen molar-refractivity contribution in [3.63, 3.8) is 0 Å². The van der Waals surface area contributed by atoms with Gasteiger partial charge in [0.05, 0.1) is 5.02 Å². The molecule has 5 N–H and O–H groups in total. The molecule has 0 aliphatic heterocycles. The predicted molar refractivity (Wildman–Crippen MR) is 122 cm³/mol. The van der Waals surface area contributed by atoms with Gasteiger partial charge in [0, 0.05) is 35.5 Å². The number of hydrogen-bond acceptors (Lipinski definition) is 5. The predicted octanol–water partition coefficient (Wildman–Crippen LogP) is 2.75. The second-order valence-electron chi connectivity index (χ2n) is 6.26. The highest BCUT2D eigenvalue weighted by molar-refractivity contribution is 9.10. The number of primary amides is 1. The van der Waals surface area contributed by atoms with Crippen LogP contribution in [0.15, 0.2) is 35.1 Å². The summed E-state index contributed by atoms with van der Waals surface area (Å²) in [5.74, 6) is -0.943. The van der Waals surface area contributed by atoms with E-state index in [4.69, 9.17) is 35.3 Å². The monoisotopic (exact) mass is 506 g/mol. The van der Waals surface area contributed by atoms with Crippen LogP contribution in [-0.2, 0) is 0 Å². The Balaban J connectivity index is 2.42. The smallest absolute Gasteiger partial charge is 0.268 e. The minimum atomic E-state index is -0.773. The highest BCUT2D eigenvalue weighted by atomic mass is 79.9. The third kappa shape index (κ3) is 3.81. The number of hydrogen-bond donors (Lipinski definition) is 3. The highest BCUT2D eigenvalue weighted by Gasteiger charge is 2.29. The molecule has 0 bridgehead atoms. The van der Waals surface area contributed by atoms with Gasteiger partial charge in [0.15, 0.2) is 5.82 Å². The fourth-order valence-electron chi connectivity index (χ4n) is 3.10. The quantitative estimate of drug-likeness (QED) is 0.456. The lowest BCUT2D eigenvalue weighted by Gasteiger charge is -2.15. The van der Waals surface area contributed by atoms with E-state index in [1.54, 1.807) is 31.2 Å². The van der Waals surface area contributed by atoms with E-state index >= 15 is 0 Å². The Morgan fingerprint density at radius 1 is 1.27 bits per heavy atom. The molecule has 154 valence electrons. The third-order valence-corrected chi connectivity index (χ3v) is 5.44. The number of nitrogens with one attached hydrogen (secondary N) is 1. The summed E-state index contributed by atoms with van der Waals surface area (Å²) >= 11 is 14.7. The van der Waals surface area contributed by atoms with Crippen LogP contribution in [0.25, 0.3) is 16.9 Å². The summed E-state index contributed by atoms with van der Waals surface area (Å²) in [6, 6.07) is 6.55. The van der Waals surface area contributed by atoms with Crippen LogP contribution in [-0.4, -0.2) is 38.6 Å². The molecule has 2 heterocycles. The minimum absolute atomic E-state index is 0.0128. The first-order valence-corrected chi connectivity index (χ1v) is 10.1. The van der Waals surface area contributed by atoms with Gasteiger partial charge in [-0.15, -0.1) is 0 Å². The molecule has 0 unspecified atom stereocenters. The Morgan fingerprint density at radius 2 is 1.97 bits per heavy atom. The van der Waals surface area contributed by atoms with Crippen molar-refractivity contribution in [2.45, 2.75) is 6.92 Å². The zero-order valence-corrected chi connectivity index (χ0v) is 19.0. The van der Waals surface area contributed by atoms with Crippen LogP contribution < -0.4 is 16.8 Å². The maximum atomic E-state index is 12.7. The number of amides is 2. The molecule has 0 aliphatic carbocycles. The summed E-state index contributed by atoms with van der Waals surface area (Å²) < 4.78 is 1.54. The van der Waals surface area contributed by atoms with Crippen LogP contribution in [0, 0.1) is 6.92 Å². The minimum Gasteiger partial charge on any atom is -0.389 e. The van der Waals surface area contributed by atoms with Crippen LogP contribution in [0.5, 0.6) is 0 Å². The summed E-state index contributed by atoms with van der Waals surface area (Å²) in [4.78, 5) is 29.5. The van der Waals surface area contributed by atoms with Gasteiger partial charge in [-0.3, -0.25) is 9.59 Å². The lowest BCUT2D eigenvalue weighted by molar-refractivity contribution is 0.0960. The molecular weight excluding hydrogens is 492 g/mol. The molecule has 1 aromatic carbocycles. The van der Waals surface area contributed by atoms with Gasteiger partial charge in [-0.05, 0) is 52.7 Å². The van der Waals surface area contributed by atoms with E-state index in [0.29, 0.717) is 22.3 Å². The molecule has 0 atom stereocenters. The Kier molecular flexibility index (Phi) is 6.20. The van der Waals surface area contributed by atoms with Gasteiger partial charge in [0.25, 0.3) is 11.8 Å². The van der Waals surface area contributed by atoms with E-state index in [9.17, 15) is 9.59 Å². The first-order chi connectivity index (χ1) is 14.2. The number of nitrogens with two attached hydrogens (primary N) is 2. The molecule has 0 spiro atoms. The van der Waals surface area contributed by atoms with E-state index in [2.05, 4.69) is 31.3 Å². The summed E-state index contributed by atoms with van der Waals surface area (Å²) in [5, 5.41) is 7.22. The molecule has 0 radical (unpaired) electrons. The lowest BCUT2D eigenvalue weighted by Crippen LogP contribution is -2.22. The van der Waals surface area contributed by atoms with Crippen molar-refractivity contribution in [1.29, 1.82) is 0 Å². The summed E-state index contributed by atoms with van der Waals surface area (Å²) in [6.45, 7) is 1.77. The van der Waals surface area contributed by atoms with Crippen LogP contribution in [0.3, 0.4) is 0 Å². The van der Waals surface area contributed by atoms with Gasteiger partial charge in [-0.25, -0.2) is 9.67 Å². The molecule has 8 nitrogen and oxygen atoms in total. The Hall–Kier alpha value is -2.82. The van der Waals surface area contributed by atoms with Gasteiger partial charge < -0.3 is 16.8 Å². The SMILES string of the molecule is CNC(=O)c1cc(C(N)=S)cc(C)c1-c1c(Br)nn(-c2ncccc2Cl)c1C(N)=O. The average molecular weight is 508 g/mol. The van der Waals surface area contributed by atoms with Gasteiger partial charge >= 0.3 is 0 Å². The van der Waals surface area contributed by atoms with E-state index in [0.717, 1.165) is 0 Å². The Bertz CT molecular complexity index is 1210. The molecule has 30 heavy (non-hydrogen) atoms. The number of thiocarbonyl (C=S) groups is 1.